The minimum Gasteiger partial charge on any atom is -0.399 e. The third-order valence-corrected chi connectivity index (χ3v) is 4.85. The fraction of sp³-hybridized carbons (Fsp3) is 0.500. The molecule has 0 spiro atoms. The largest absolute Gasteiger partial charge is 0.399 e. The van der Waals surface area contributed by atoms with Gasteiger partial charge in [0.1, 0.15) is 0 Å². The average molecular weight is 315 g/mol. The molecule has 0 radical (unpaired) electrons. The molecule has 2 rings (SSSR count). The number of nitrogens with one attached hydrogen (secondary N) is 1. The molecule has 0 aliphatic carbocycles. The molecule has 1 saturated heterocycles. The number of nitrogens with zero attached hydrogens (tertiary/aromatic N) is 1. The van der Waals surface area contributed by atoms with Crippen LogP contribution in [0.15, 0.2) is 23.1 Å². The molecule has 0 amide bonds. The zero-order valence-electron chi connectivity index (χ0n) is 11.5. The fourth-order valence-corrected chi connectivity index (χ4v) is 3.51. The van der Waals surface area contributed by atoms with E-state index in [0.717, 1.165) is 25.0 Å². The first-order valence-corrected chi connectivity index (χ1v) is 7.89. The van der Waals surface area contributed by atoms with E-state index < -0.39 is 31.1 Å². The number of nitro benzene ring substituents is 1. The first-order valence-electron chi connectivity index (χ1n) is 6.41. The number of nitro groups is 1. The molecule has 1 heterocycles. The minimum atomic E-state index is -4.01. The van der Waals surface area contributed by atoms with Crippen LogP contribution < -0.4 is 10.5 Å². The van der Waals surface area contributed by atoms with Gasteiger partial charge in [-0.1, -0.05) is 0 Å². The van der Waals surface area contributed by atoms with Crippen LogP contribution in [0.1, 0.15) is 19.8 Å². The van der Waals surface area contributed by atoms with Crippen molar-refractivity contribution in [3.63, 3.8) is 0 Å². The zero-order chi connectivity index (χ0) is 15.7. The van der Waals surface area contributed by atoms with E-state index in [4.69, 9.17) is 10.5 Å². The summed E-state index contributed by atoms with van der Waals surface area (Å²) >= 11 is 0. The van der Waals surface area contributed by atoms with Gasteiger partial charge in [-0.05, 0) is 31.9 Å². The number of rotatable bonds is 5. The fourth-order valence-electron chi connectivity index (χ4n) is 2.21. The summed E-state index contributed by atoms with van der Waals surface area (Å²) in [5, 5.41) is 11.0. The number of hydrogen-bond acceptors (Lipinski definition) is 6. The van der Waals surface area contributed by atoms with Crippen molar-refractivity contribution in [1.29, 1.82) is 0 Å². The summed E-state index contributed by atoms with van der Waals surface area (Å²) < 4.78 is 32.4. The molecule has 9 heteroatoms. The summed E-state index contributed by atoms with van der Waals surface area (Å²) in [6.07, 6.45) is 1.60. The minimum absolute atomic E-state index is 0.0663. The molecule has 1 unspecified atom stereocenters. The first kappa shape index (κ1) is 15.7. The zero-order valence-corrected chi connectivity index (χ0v) is 12.4. The highest BCUT2D eigenvalue weighted by atomic mass is 32.2. The van der Waals surface area contributed by atoms with Crippen LogP contribution in [0.5, 0.6) is 0 Å². The molecule has 1 fully saturated rings. The van der Waals surface area contributed by atoms with Gasteiger partial charge in [0.05, 0.1) is 10.5 Å². The van der Waals surface area contributed by atoms with Crippen molar-refractivity contribution < 1.29 is 18.1 Å². The number of benzene rings is 1. The molecule has 0 bridgehead atoms. The summed E-state index contributed by atoms with van der Waals surface area (Å²) in [6, 6.07) is 3.48. The summed E-state index contributed by atoms with van der Waals surface area (Å²) in [4.78, 5) is 9.81. The van der Waals surface area contributed by atoms with Crippen molar-refractivity contribution in [1.82, 2.24) is 4.72 Å². The van der Waals surface area contributed by atoms with Crippen LogP contribution in [-0.2, 0) is 14.8 Å². The Bertz CT molecular complexity index is 653. The molecule has 1 aliphatic heterocycles. The van der Waals surface area contributed by atoms with Gasteiger partial charge in [-0.25, -0.2) is 13.1 Å². The second-order valence-electron chi connectivity index (χ2n) is 5.21. The molecular weight excluding hydrogens is 298 g/mol. The number of nitrogen functional groups attached to an aromatic ring is 1. The van der Waals surface area contributed by atoms with E-state index >= 15 is 0 Å². The van der Waals surface area contributed by atoms with Crippen LogP contribution in [0.25, 0.3) is 0 Å². The number of sulfonamides is 1. The highest BCUT2D eigenvalue weighted by Gasteiger charge is 2.33. The number of anilines is 1. The SMILES string of the molecule is CC1(CNS(=O)(=O)c2ccc(N)cc2[N+](=O)[O-])CCCO1. The number of nitrogens with two attached hydrogens (primary N) is 1. The molecule has 21 heavy (non-hydrogen) atoms. The quantitative estimate of drug-likeness (QED) is 0.475. The lowest BCUT2D eigenvalue weighted by molar-refractivity contribution is -0.387. The molecule has 0 aromatic heterocycles. The van der Waals surface area contributed by atoms with Gasteiger partial charge in [-0.3, -0.25) is 10.1 Å². The lowest BCUT2D eigenvalue weighted by Crippen LogP contribution is -2.40. The van der Waals surface area contributed by atoms with Crippen LogP contribution in [-0.4, -0.2) is 32.1 Å². The second-order valence-corrected chi connectivity index (χ2v) is 6.95. The molecule has 1 aliphatic rings. The molecule has 116 valence electrons. The van der Waals surface area contributed by atoms with Gasteiger partial charge in [0.25, 0.3) is 5.69 Å². The highest BCUT2D eigenvalue weighted by Crippen LogP contribution is 2.28. The van der Waals surface area contributed by atoms with Crippen molar-refractivity contribution in [2.24, 2.45) is 0 Å². The van der Waals surface area contributed by atoms with Gasteiger partial charge >= 0.3 is 0 Å². The van der Waals surface area contributed by atoms with Gasteiger partial charge in [0.2, 0.25) is 10.0 Å². The molecule has 0 saturated carbocycles. The molecular formula is C12H17N3O5S. The van der Waals surface area contributed by atoms with Crippen molar-refractivity contribution in [3.8, 4) is 0 Å². The van der Waals surface area contributed by atoms with Gasteiger partial charge < -0.3 is 10.5 Å². The van der Waals surface area contributed by atoms with E-state index in [0.29, 0.717) is 6.61 Å². The van der Waals surface area contributed by atoms with Crippen LogP contribution in [0, 0.1) is 10.1 Å². The third kappa shape index (κ3) is 3.49. The Morgan fingerprint density at radius 2 is 2.24 bits per heavy atom. The second kappa shape index (κ2) is 5.58. The predicted octanol–water partition coefficient (Wildman–Crippen LogP) is 1.02. The Morgan fingerprint density at radius 3 is 2.81 bits per heavy atom. The molecule has 1 aromatic carbocycles. The average Bonchev–Trinajstić information content (AvgIpc) is 2.84. The van der Waals surface area contributed by atoms with E-state index in [2.05, 4.69) is 4.72 Å². The standard InChI is InChI=1S/C12H17N3O5S/c1-12(5-2-6-20-12)8-14-21(18,19)11-4-3-9(13)7-10(11)15(16)17/h3-4,7,14H,2,5-6,8,13H2,1H3. The summed E-state index contributed by atoms with van der Waals surface area (Å²) in [5.74, 6) is 0. The van der Waals surface area contributed by atoms with Gasteiger partial charge in [0.15, 0.2) is 4.90 Å². The predicted molar refractivity (Wildman–Crippen MR) is 76.3 cm³/mol. The molecule has 3 N–H and O–H groups in total. The number of ether oxygens (including phenoxy) is 1. The molecule has 1 aromatic rings. The summed E-state index contributed by atoms with van der Waals surface area (Å²) in [5.41, 5.74) is 4.48. The highest BCUT2D eigenvalue weighted by molar-refractivity contribution is 7.89. The lowest BCUT2D eigenvalue weighted by Gasteiger charge is -2.23. The van der Waals surface area contributed by atoms with Crippen molar-refractivity contribution in [2.45, 2.75) is 30.3 Å². The van der Waals surface area contributed by atoms with Crippen molar-refractivity contribution in [2.75, 3.05) is 18.9 Å². The maximum absolute atomic E-state index is 12.3. The van der Waals surface area contributed by atoms with E-state index in [-0.39, 0.29) is 12.2 Å². The van der Waals surface area contributed by atoms with E-state index in [9.17, 15) is 18.5 Å². The van der Waals surface area contributed by atoms with E-state index in [1.807, 2.05) is 0 Å². The lowest BCUT2D eigenvalue weighted by atomic mass is 10.0. The summed E-state index contributed by atoms with van der Waals surface area (Å²) in [6.45, 7) is 2.46. The van der Waals surface area contributed by atoms with E-state index in [1.54, 1.807) is 6.92 Å². The molecule has 8 nitrogen and oxygen atoms in total. The Morgan fingerprint density at radius 1 is 1.52 bits per heavy atom. The van der Waals surface area contributed by atoms with Gasteiger partial charge in [0, 0.05) is 24.9 Å². The Hall–Kier alpha value is -1.71. The monoisotopic (exact) mass is 315 g/mol. The van der Waals surface area contributed by atoms with E-state index in [1.165, 1.54) is 6.07 Å². The molecule has 1 atom stereocenters. The topological polar surface area (TPSA) is 125 Å². The Balaban J connectivity index is 2.25. The smallest absolute Gasteiger partial charge is 0.291 e. The normalized spacial score (nSPS) is 22.3. The maximum atomic E-state index is 12.3. The van der Waals surface area contributed by atoms with Crippen LogP contribution >= 0.6 is 0 Å². The van der Waals surface area contributed by atoms with Gasteiger partial charge in [-0.15, -0.1) is 0 Å². The van der Waals surface area contributed by atoms with Crippen LogP contribution in [0.4, 0.5) is 11.4 Å². The first-order chi connectivity index (χ1) is 9.73. The Labute approximate surface area is 122 Å². The Kier molecular flexibility index (Phi) is 4.17. The maximum Gasteiger partial charge on any atom is 0.291 e. The van der Waals surface area contributed by atoms with Crippen LogP contribution in [0.3, 0.4) is 0 Å². The summed E-state index contributed by atoms with van der Waals surface area (Å²) in [7, 11) is -4.01. The van der Waals surface area contributed by atoms with Gasteiger partial charge in [-0.2, -0.15) is 0 Å². The number of hydrogen-bond donors (Lipinski definition) is 2. The van der Waals surface area contributed by atoms with Crippen LogP contribution in [0.2, 0.25) is 0 Å². The van der Waals surface area contributed by atoms with Crippen molar-refractivity contribution in [3.05, 3.63) is 28.3 Å². The third-order valence-electron chi connectivity index (χ3n) is 3.41. The van der Waals surface area contributed by atoms with Crippen molar-refractivity contribution >= 4 is 21.4 Å².